The lowest BCUT2D eigenvalue weighted by Gasteiger charge is -2.35. The molecule has 3 rings (SSSR count). The van der Waals surface area contributed by atoms with Crippen LogP contribution in [0.15, 0.2) is 18.2 Å². The number of hydrogen-bond donors (Lipinski definition) is 0. The minimum absolute atomic E-state index is 0.285. The molecule has 0 aliphatic carbocycles. The number of likely N-dealkylation sites (tertiary alicyclic amines) is 1. The highest BCUT2D eigenvalue weighted by Crippen LogP contribution is 2.28. The van der Waals surface area contributed by atoms with Crippen LogP contribution in [0.25, 0.3) is 0 Å². The van der Waals surface area contributed by atoms with Crippen molar-refractivity contribution >= 4 is 11.9 Å². The lowest BCUT2D eigenvalue weighted by atomic mass is 9.93. The maximum absolute atomic E-state index is 11.7. The normalized spacial score (nSPS) is 23.7. The number of carbonyl (C=O) groups is 1. The number of cyclic esters (lactones) is 1. The fourth-order valence-corrected chi connectivity index (χ4v) is 3.14. The van der Waals surface area contributed by atoms with Gasteiger partial charge in [0.05, 0.1) is 6.54 Å². The Kier molecular flexibility index (Phi) is 4.10. The summed E-state index contributed by atoms with van der Waals surface area (Å²) in [5.74, 6) is 1.18. The Bertz CT molecular complexity index is 518. The van der Waals surface area contributed by atoms with Crippen molar-refractivity contribution < 1.29 is 9.53 Å². The minimum atomic E-state index is -0.285. The van der Waals surface area contributed by atoms with Gasteiger partial charge in [-0.2, -0.15) is 0 Å². The second-order valence-corrected chi connectivity index (χ2v) is 6.11. The summed E-state index contributed by atoms with van der Waals surface area (Å²) in [6.07, 6.45) is 2.09. The first-order valence-electron chi connectivity index (χ1n) is 7.80. The molecule has 0 spiro atoms. The molecule has 0 N–H and O–H groups in total. The van der Waals surface area contributed by atoms with Gasteiger partial charge in [0.25, 0.3) is 0 Å². The van der Waals surface area contributed by atoms with Crippen LogP contribution in [0.4, 0.5) is 10.6 Å². The van der Waals surface area contributed by atoms with Crippen LogP contribution in [0.5, 0.6) is 0 Å². The van der Waals surface area contributed by atoms with Gasteiger partial charge in [-0.25, -0.2) is 9.78 Å². The standard InChI is InChI=1S/C16H23N3O2/c1-12(2)18-8-4-5-13(11-18)14-6-3-7-15(17-14)19-9-10-21-16(19)20/h3,6-7,12-13H,4-5,8-11H2,1-2H3/t13-/m1/s1. The molecule has 21 heavy (non-hydrogen) atoms. The average molecular weight is 289 g/mol. The molecule has 1 amide bonds. The maximum atomic E-state index is 11.7. The van der Waals surface area contributed by atoms with E-state index >= 15 is 0 Å². The van der Waals surface area contributed by atoms with E-state index in [1.54, 1.807) is 4.90 Å². The van der Waals surface area contributed by atoms with Crippen molar-refractivity contribution in [1.82, 2.24) is 9.88 Å². The largest absolute Gasteiger partial charge is 0.447 e. The van der Waals surface area contributed by atoms with Gasteiger partial charge in [0.1, 0.15) is 12.4 Å². The molecule has 1 aromatic rings. The van der Waals surface area contributed by atoms with Crippen molar-refractivity contribution in [2.45, 2.75) is 38.6 Å². The number of anilines is 1. The minimum Gasteiger partial charge on any atom is -0.447 e. The molecule has 2 fully saturated rings. The Morgan fingerprint density at radius 3 is 2.90 bits per heavy atom. The van der Waals surface area contributed by atoms with Crippen LogP contribution in [0.1, 0.15) is 38.3 Å². The average Bonchev–Trinajstić information content (AvgIpc) is 2.94. The zero-order valence-electron chi connectivity index (χ0n) is 12.8. The monoisotopic (exact) mass is 289 g/mol. The van der Waals surface area contributed by atoms with E-state index in [1.807, 2.05) is 12.1 Å². The van der Waals surface area contributed by atoms with Crippen molar-refractivity contribution in [3.05, 3.63) is 23.9 Å². The molecule has 2 aliphatic rings. The van der Waals surface area contributed by atoms with Gasteiger partial charge < -0.3 is 9.64 Å². The van der Waals surface area contributed by atoms with Gasteiger partial charge in [-0.05, 0) is 45.4 Å². The Morgan fingerprint density at radius 1 is 1.33 bits per heavy atom. The van der Waals surface area contributed by atoms with Gasteiger partial charge in [0.15, 0.2) is 0 Å². The highest BCUT2D eigenvalue weighted by molar-refractivity contribution is 5.88. The summed E-state index contributed by atoms with van der Waals surface area (Å²) in [7, 11) is 0. The molecule has 0 unspecified atom stereocenters. The van der Waals surface area contributed by atoms with E-state index in [4.69, 9.17) is 9.72 Å². The molecule has 0 bridgehead atoms. The molecule has 2 saturated heterocycles. The molecule has 114 valence electrons. The van der Waals surface area contributed by atoms with Gasteiger partial charge in [0.2, 0.25) is 0 Å². The van der Waals surface area contributed by atoms with Crippen LogP contribution in [-0.2, 0) is 4.74 Å². The maximum Gasteiger partial charge on any atom is 0.415 e. The Balaban J connectivity index is 1.77. The SMILES string of the molecule is CC(C)N1CCC[C@@H](c2cccc(N3CCOC3=O)n2)C1. The van der Waals surface area contributed by atoms with Crippen molar-refractivity contribution in [3.8, 4) is 0 Å². The number of nitrogens with zero attached hydrogens (tertiary/aromatic N) is 3. The van der Waals surface area contributed by atoms with Gasteiger partial charge in [-0.3, -0.25) is 4.90 Å². The number of rotatable bonds is 3. The summed E-state index contributed by atoms with van der Waals surface area (Å²) < 4.78 is 4.99. The summed E-state index contributed by atoms with van der Waals surface area (Å²) in [5, 5.41) is 0. The number of amides is 1. The number of piperidine rings is 1. The summed E-state index contributed by atoms with van der Waals surface area (Å²) in [6.45, 7) is 7.76. The molecule has 1 atom stereocenters. The van der Waals surface area contributed by atoms with E-state index in [0.717, 1.165) is 18.1 Å². The topological polar surface area (TPSA) is 45.7 Å². The summed E-state index contributed by atoms with van der Waals surface area (Å²) in [4.78, 5) is 20.5. The number of pyridine rings is 1. The lowest BCUT2D eigenvalue weighted by molar-refractivity contribution is 0.166. The number of aromatic nitrogens is 1. The van der Waals surface area contributed by atoms with Gasteiger partial charge in [-0.15, -0.1) is 0 Å². The summed E-state index contributed by atoms with van der Waals surface area (Å²) in [6, 6.07) is 6.54. The first kappa shape index (κ1) is 14.3. The summed E-state index contributed by atoms with van der Waals surface area (Å²) >= 11 is 0. The lowest BCUT2D eigenvalue weighted by Crippen LogP contribution is -2.39. The number of hydrogen-bond acceptors (Lipinski definition) is 4. The van der Waals surface area contributed by atoms with E-state index in [2.05, 4.69) is 24.8 Å². The first-order valence-corrected chi connectivity index (χ1v) is 7.80. The fraction of sp³-hybridized carbons (Fsp3) is 0.625. The number of carbonyl (C=O) groups excluding carboxylic acids is 1. The predicted octanol–water partition coefficient (Wildman–Crippen LogP) is 2.63. The third-order valence-corrected chi connectivity index (χ3v) is 4.39. The van der Waals surface area contributed by atoms with Gasteiger partial charge in [-0.1, -0.05) is 6.07 Å². The summed E-state index contributed by atoms with van der Waals surface area (Å²) in [5.41, 5.74) is 1.09. The van der Waals surface area contributed by atoms with E-state index in [1.165, 1.54) is 19.4 Å². The fourth-order valence-electron chi connectivity index (χ4n) is 3.14. The first-order chi connectivity index (χ1) is 10.1. The van der Waals surface area contributed by atoms with Crippen LogP contribution < -0.4 is 4.90 Å². The van der Waals surface area contributed by atoms with E-state index in [-0.39, 0.29) is 6.09 Å². The highest BCUT2D eigenvalue weighted by atomic mass is 16.6. The Labute approximate surface area is 125 Å². The van der Waals surface area contributed by atoms with Crippen LogP contribution in [0.2, 0.25) is 0 Å². The highest BCUT2D eigenvalue weighted by Gasteiger charge is 2.27. The van der Waals surface area contributed by atoms with E-state index in [0.29, 0.717) is 25.1 Å². The van der Waals surface area contributed by atoms with Crippen molar-refractivity contribution in [3.63, 3.8) is 0 Å². The number of ether oxygens (including phenoxy) is 1. The molecular formula is C16H23N3O2. The third-order valence-electron chi connectivity index (χ3n) is 4.39. The predicted molar refractivity (Wildman–Crippen MR) is 81.6 cm³/mol. The van der Waals surface area contributed by atoms with Crippen molar-refractivity contribution in [2.75, 3.05) is 31.1 Å². The molecule has 0 radical (unpaired) electrons. The molecule has 2 aliphatic heterocycles. The molecule has 5 heteroatoms. The van der Waals surface area contributed by atoms with Crippen LogP contribution >= 0.6 is 0 Å². The van der Waals surface area contributed by atoms with Crippen LogP contribution in [0.3, 0.4) is 0 Å². The van der Waals surface area contributed by atoms with E-state index < -0.39 is 0 Å². The second-order valence-electron chi connectivity index (χ2n) is 6.11. The molecule has 0 aromatic carbocycles. The zero-order valence-corrected chi connectivity index (χ0v) is 12.8. The van der Waals surface area contributed by atoms with Crippen molar-refractivity contribution in [2.24, 2.45) is 0 Å². The van der Waals surface area contributed by atoms with Gasteiger partial charge in [0, 0.05) is 24.2 Å². The van der Waals surface area contributed by atoms with Crippen LogP contribution in [-0.4, -0.2) is 48.3 Å². The molecule has 1 aromatic heterocycles. The van der Waals surface area contributed by atoms with E-state index in [9.17, 15) is 4.79 Å². The Morgan fingerprint density at radius 2 is 2.19 bits per heavy atom. The Hall–Kier alpha value is -1.62. The molecule has 3 heterocycles. The van der Waals surface area contributed by atoms with Crippen molar-refractivity contribution in [1.29, 1.82) is 0 Å². The second kappa shape index (κ2) is 6.02. The van der Waals surface area contributed by atoms with Crippen LogP contribution in [0, 0.1) is 0 Å². The quantitative estimate of drug-likeness (QED) is 0.858. The molecular weight excluding hydrogens is 266 g/mol. The zero-order chi connectivity index (χ0) is 14.8. The van der Waals surface area contributed by atoms with Gasteiger partial charge >= 0.3 is 6.09 Å². The smallest absolute Gasteiger partial charge is 0.415 e. The third kappa shape index (κ3) is 3.02. The molecule has 0 saturated carbocycles. The molecule has 5 nitrogen and oxygen atoms in total.